The van der Waals surface area contributed by atoms with Crippen LogP contribution in [0.5, 0.6) is 0 Å². The van der Waals surface area contributed by atoms with E-state index in [-0.39, 0.29) is 5.91 Å². The summed E-state index contributed by atoms with van der Waals surface area (Å²) in [5.74, 6) is -0.0959. The average Bonchev–Trinajstić information content (AvgIpc) is 2.56. The molecule has 108 valence electrons. The molecule has 0 spiro atoms. The number of amides is 1. The second kappa shape index (κ2) is 6.75. The Kier molecular flexibility index (Phi) is 4.53. The summed E-state index contributed by atoms with van der Waals surface area (Å²) in [6, 6.07) is 25.4. The van der Waals surface area contributed by atoms with Gasteiger partial charge in [-0.3, -0.25) is 4.79 Å². The number of carbonyl (C=O) groups is 1. The lowest BCUT2D eigenvalue weighted by atomic mass is 9.99. The first-order chi connectivity index (χ1) is 10.7. The standard InChI is InChI=1S/C19H14INO/c20-15-9-6-10-16(13-15)21-19(22)18-12-5-4-11-17(18)14-7-2-1-3-8-14/h1-13H,(H,21,22). The number of rotatable bonds is 3. The molecule has 0 saturated heterocycles. The molecular weight excluding hydrogens is 385 g/mol. The number of anilines is 1. The van der Waals surface area contributed by atoms with Crippen LogP contribution in [0.15, 0.2) is 78.9 Å². The second-order valence-electron chi connectivity index (χ2n) is 4.88. The summed E-state index contributed by atoms with van der Waals surface area (Å²) < 4.78 is 1.09. The first kappa shape index (κ1) is 14.8. The summed E-state index contributed by atoms with van der Waals surface area (Å²) in [7, 11) is 0. The molecule has 0 aromatic heterocycles. The number of benzene rings is 3. The molecular formula is C19H14INO. The summed E-state index contributed by atoms with van der Waals surface area (Å²) in [6.45, 7) is 0. The minimum Gasteiger partial charge on any atom is -0.322 e. The van der Waals surface area contributed by atoms with Crippen molar-refractivity contribution in [3.8, 4) is 11.1 Å². The number of hydrogen-bond acceptors (Lipinski definition) is 1. The van der Waals surface area contributed by atoms with E-state index in [1.54, 1.807) is 0 Å². The van der Waals surface area contributed by atoms with Crippen LogP contribution in [0.4, 0.5) is 5.69 Å². The highest BCUT2D eigenvalue weighted by Crippen LogP contribution is 2.24. The highest BCUT2D eigenvalue weighted by Gasteiger charge is 2.12. The molecule has 3 rings (SSSR count). The lowest BCUT2D eigenvalue weighted by Crippen LogP contribution is -2.13. The summed E-state index contributed by atoms with van der Waals surface area (Å²) in [6.07, 6.45) is 0. The molecule has 3 aromatic rings. The van der Waals surface area contributed by atoms with Crippen LogP contribution in [0.25, 0.3) is 11.1 Å². The molecule has 0 heterocycles. The molecule has 0 unspecified atom stereocenters. The Balaban J connectivity index is 1.93. The monoisotopic (exact) mass is 399 g/mol. The quantitative estimate of drug-likeness (QED) is 0.602. The maximum Gasteiger partial charge on any atom is 0.256 e. The average molecular weight is 399 g/mol. The molecule has 0 saturated carbocycles. The van der Waals surface area contributed by atoms with Crippen molar-refractivity contribution in [2.45, 2.75) is 0 Å². The van der Waals surface area contributed by atoms with Crippen LogP contribution in [0.3, 0.4) is 0 Å². The summed E-state index contributed by atoms with van der Waals surface area (Å²) >= 11 is 2.23. The fourth-order valence-electron chi connectivity index (χ4n) is 2.32. The molecule has 2 nitrogen and oxygen atoms in total. The van der Waals surface area contributed by atoms with E-state index in [0.29, 0.717) is 5.56 Å². The van der Waals surface area contributed by atoms with Gasteiger partial charge < -0.3 is 5.32 Å². The van der Waals surface area contributed by atoms with Crippen LogP contribution < -0.4 is 5.32 Å². The molecule has 0 radical (unpaired) electrons. The molecule has 0 fully saturated rings. The van der Waals surface area contributed by atoms with Crippen LogP contribution in [-0.4, -0.2) is 5.91 Å². The number of nitrogens with one attached hydrogen (secondary N) is 1. The van der Waals surface area contributed by atoms with Crippen LogP contribution in [0.2, 0.25) is 0 Å². The Bertz CT molecular complexity index is 799. The topological polar surface area (TPSA) is 29.1 Å². The Morgan fingerprint density at radius 2 is 1.55 bits per heavy atom. The molecule has 0 atom stereocenters. The van der Waals surface area contributed by atoms with E-state index in [9.17, 15) is 4.79 Å². The molecule has 0 bridgehead atoms. The first-order valence-corrected chi connectivity index (χ1v) is 8.03. The minimum atomic E-state index is -0.0959. The van der Waals surface area contributed by atoms with Gasteiger partial charge in [-0.25, -0.2) is 0 Å². The van der Waals surface area contributed by atoms with Crippen molar-refractivity contribution >= 4 is 34.2 Å². The number of hydrogen-bond donors (Lipinski definition) is 1. The predicted molar refractivity (Wildman–Crippen MR) is 99.0 cm³/mol. The van der Waals surface area contributed by atoms with E-state index >= 15 is 0 Å². The maximum absolute atomic E-state index is 12.6. The zero-order valence-corrected chi connectivity index (χ0v) is 13.9. The molecule has 0 aliphatic rings. The fraction of sp³-hybridized carbons (Fsp3) is 0. The Hall–Kier alpha value is -2.14. The minimum absolute atomic E-state index is 0.0959. The van der Waals surface area contributed by atoms with Crippen LogP contribution in [0.1, 0.15) is 10.4 Å². The van der Waals surface area contributed by atoms with Gasteiger partial charge in [0, 0.05) is 14.8 Å². The van der Waals surface area contributed by atoms with Crippen molar-refractivity contribution < 1.29 is 4.79 Å². The zero-order chi connectivity index (χ0) is 15.4. The summed E-state index contributed by atoms with van der Waals surface area (Å²) in [5.41, 5.74) is 3.45. The molecule has 0 aliphatic heterocycles. The van der Waals surface area contributed by atoms with Gasteiger partial charge in [-0.05, 0) is 58.0 Å². The van der Waals surface area contributed by atoms with Gasteiger partial charge in [0.05, 0.1) is 0 Å². The van der Waals surface area contributed by atoms with E-state index in [1.807, 2.05) is 78.9 Å². The first-order valence-electron chi connectivity index (χ1n) is 6.95. The van der Waals surface area contributed by atoms with Gasteiger partial charge in [0.1, 0.15) is 0 Å². The number of halogens is 1. The van der Waals surface area contributed by atoms with Gasteiger partial charge in [-0.1, -0.05) is 54.6 Å². The molecule has 3 heteroatoms. The van der Waals surface area contributed by atoms with E-state index in [1.165, 1.54) is 0 Å². The highest BCUT2D eigenvalue weighted by atomic mass is 127. The maximum atomic E-state index is 12.6. The third kappa shape index (κ3) is 3.36. The Morgan fingerprint density at radius 1 is 0.818 bits per heavy atom. The van der Waals surface area contributed by atoms with E-state index in [0.717, 1.165) is 20.4 Å². The van der Waals surface area contributed by atoms with Crippen LogP contribution in [0, 0.1) is 3.57 Å². The predicted octanol–water partition coefficient (Wildman–Crippen LogP) is 5.21. The molecule has 3 aromatic carbocycles. The molecule has 22 heavy (non-hydrogen) atoms. The van der Waals surface area contributed by atoms with Gasteiger partial charge in [0.2, 0.25) is 0 Å². The third-order valence-corrected chi connectivity index (χ3v) is 4.01. The van der Waals surface area contributed by atoms with E-state index in [2.05, 4.69) is 27.9 Å². The number of carbonyl (C=O) groups excluding carboxylic acids is 1. The fourth-order valence-corrected chi connectivity index (χ4v) is 2.86. The van der Waals surface area contributed by atoms with Gasteiger partial charge in [0.25, 0.3) is 5.91 Å². The Morgan fingerprint density at radius 3 is 2.32 bits per heavy atom. The van der Waals surface area contributed by atoms with Gasteiger partial charge in [0.15, 0.2) is 0 Å². The normalized spacial score (nSPS) is 10.2. The van der Waals surface area contributed by atoms with Gasteiger partial charge in [-0.15, -0.1) is 0 Å². The largest absolute Gasteiger partial charge is 0.322 e. The van der Waals surface area contributed by atoms with Crippen molar-refractivity contribution in [1.82, 2.24) is 0 Å². The van der Waals surface area contributed by atoms with Crippen molar-refractivity contribution in [2.75, 3.05) is 5.32 Å². The third-order valence-electron chi connectivity index (χ3n) is 3.34. The van der Waals surface area contributed by atoms with Gasteiger partial charge in [-0.2, -0.15) is 0 Å². The molecule has 1 N–H and O–H groups in total. The smallest absolute Gasteiger partial charge is 0.256 e. The van der Waals surface area contributed by atoms with Crippen LogP contribution in [-0.2, 0) is 0 Å². The summed E-state index contributed by atoms with van der Waals surface area (Å²) in [5, 5.41) is 2.97. The van der Waals surface area contributed by atoms with Crippen molar-refractivity contribution in [2.24, 2.45) is 0 Å². The van der Waals surface area contributed by atoms with Gasteiger partial charge >= 0.3 is 0 Å². The van der Waals surface area contributed by atoms with Crippen molar-refractivity contribution in [3.05, 3.63) is 88.0 Å². The zero-order valence-electron chi connectivity index (χ0n) is 11.8. The van der Waals surface area contributed by atoms with E-state index in [4.69, 9.17) is 0 Å². The van der Waals surface area contributed by atoms with E-state index < -0.39 is 0 Å². The van der Waals surface area contributed by atoms with Crippen molar-refractivity contribution in [1.29, 1.82) is 0 Å². The molecule has 1 amide bonds. The lowest BCUT2D eigenvalue weighted by molar-refractivity contribution is 0.102. The lowest BCUT2D eigenvalue weighted by Gasteiger charge is -2.10. The summed E-state index contributed by atoms with van der Waals surface area (Å²) in [4.78, 5) is 12.6. The SMILES string of the molecule is O=C(Nc1cccc(I)c1)c1ccccc1-c1ccccc1. The second-order valence-corrected chi connectivity index (χ2v) is 6.12. The van der Waals surface area contributed by atoms with Crippen molar-refractivity contribution in [3.63, 3.8) is 0 Å². The van der Waals surface area contributed by atoms with Crippen LogP contribution >= 0.6 is 22.6 Å². The highest BCUT2D eigenvalue weighted by molar-refractivity contribution is 14.1. The Labute approximate surface area is 143 Å². The molecule has 0 aliphatic carbocycles.